The summed E-state index contributed by atoms with van der Waals surface area (Å²) >= 11 is 0. The largest absolute Gasteiger partial charge is 0.459 e. The number of rotatable bonds is 6. The summed E-state index contributed by atoms with van der Waals surface area (Å²) in [7, 11) is 0. The summed E-state index contributed by atoms with van der Waals surface area (Å²) in [6.45, 7) is 8.41. The number of benzene rings is 1. The van der Waals surface area contributed by atoms with E-state index in [2.05, 4.69) is 4.90 Å². The first-order chi connectivity index (χ1) is 10.2. The summed E-state index contributed by atoms with van der Waals surface area (Å²) in [5.41, 5.74) is 1.65. The van der Waals surface area contributed by atoms with Crippen molar-refractivity contribution in [3.8, 4) is 0 Å². The van der Waals surface area contributed by atoms with Crippen LogP contribution >= 0.6 is 0 Å². The van der Waals surface area contributed by atoms with Crippen molar-refractivity contribution in [2.45, 2.75) is 32.8 Å². The van der Waals surface area contributed by atoms with Gasteiger partial charge >= 0.3 is 5.97 Å². The normalized spacial score (nSPS) is 16.9. The summed E-state index contributed by atoms with van der Waals surface area (Å²) in [6.07, 6.45) is 1.86. The number of esters is 1. The van der Waals surface area contributed by atoms with Gasteiger partial charge in [-0.1, -0.05) is 18.2 Å². The number of likely N-dealkylation sites (tertiary alicyclic amines) is 1. The Morgan fingerprint density at radius 3 is 2.67 bits per heavy atom. The third-order valence-electron chi connectivity index (χ3n) is 3.93. The second-order valence-electron chi connectivity index (χ2n) is 5.46. The molecule has 1 saturated heterocycles. The summed E-state index contributed by atoms with van der Waals surface area (Å²) < 4.78 is 11.0. The summed E-state index contributed by atoms with van der Waals surface area (Å²) in [4.78, 5) is 14.5. The highest BCUT2D eigenvalue weighted by atomic mass is 16.5. The summed E-state index contributed by atoms with van der Waals surface area (Å²) in [6, 6.07) is 7.57. The fraction of sp³-hybridized carbons (Fsp3) is 0.588. The molecule has 1 aliphatic rings. The van der Waals surface area contributed by atoms with Crippen LogP contribution in [0.5, 0.6) is 0 Å². The zero-order valence-corrected chi connectivity index (χ0v) is 13.0. The number of nitrogens with zero attached hydrogens (tertiary/aromatic N) is 1. The quantitative estimate of drug-likeness (QED) is 0.596. The number of aryl methyl sites for hydroxylation is 1. The lowest BCUT2D eigenvalue weighted by Crippen LogP contribution is -2.39. The molecule has 2 rings (SSSR count). The molecule has 0 atom stereocenters. The predicted molar refractivity (Wildman–Crippen MR) is 82.5 cm³/mol. The lowest BCUT2D eigenvalue weighted by molar-refractivity contribution is 0.00758. The van der Waals surface area contributed by atoms with E-state index >= 15 is 0 Å². The lowest BCUT2D eigenvalue weighted by atomic mass is 10.1. The predicted octanol–water partition coefficient (Wildman–Crippen LogP) is 2.65. The Balaban J connectivity index is 1.76. The van der Waals surface area contributed by atoms with Crippen molar-refractivity contribution in [3.05, 3.63) is 35.4 Å². The van der Waals surface area contributed by atoms with Crippen LogP contribution in [0.15, 0.2) is 24.3 Å². The Labute approximate surface area is 127 Å². The molecule has 0 unspecified atom stereocenters. The number of ether oxygens (including phenoxy) is 2. The van der Waals surface area contributed by atoms with Gasteiger partial charge in [-0.3, -0.25) is 0 Å². The maximum atomic E-state index is 12.2. The summed E-state index contributed by atoms with van der Waals surface area (Å²) in [5, 5.41) is 0. The first-order valence-corrected chi connectivity index (χ1v) is 7.77. The van der Waals surface area contributed by atoms with Crippen molar-refractivity contribution in [2.75, 3.05) is 32.8 Å². The van der Waals surface area contributed by atoms with Crippen molar-refractivity contribution in [1.82, 2.24) is 4.90 Å². The number of hydrogen-bond acceptors (Lipinski definition) is 4. The van der Waals surface area contributed by atoms with Crippen molar-refractivity contribution in [1.29, 1.82) is 0 Å². The minimum absolute atomic E-state index is 0.0421. The maximum absolute atomic E-state index is 12.2. The highest BCUT2D eigenvalue weighted by molar-refractivity contribution is 5.91. The van der Waals surface area contributed by atoms with Crippen LogP contribution in [0.25, 0.3) is 0 Å². The van der Waals surface area contributed by atoms with Gasteiger partial charge in [0.1, 0.15) is 6.10 Å². The van der Waals surface area contributed by atoms with Crippen LogP contribution in [0.2, 0.25) is 0 Å². The van der Waals surface area contributed by atoms with E-state index in [0.717, 1.165) is 51.3 Å². The van der Waals surface area contributed by atoms with Gasteiger partial charge in [0.2, 0.25) is 0 Å². The third kappa shape index (κ3) is 4.83. The number of carbonyl (C=O) groups is 1. The molecule has 0 aromatic heterocycles. The molecule has 0 saturated carbocycles. The van der Waals surface area contributed by atoms with Gasteiger partial charge in [-0.05, 0) is 38.3 Å². The smallest absolute Gasteiger partial charge is 0.338 e. The number of carbonyl (C=O) groups excluding carboxylic acids is 1. The van der Waals surface area contributed by atoms with Gasteiger partial charge in [-0.2, -0.15) is 0 Å². The molecular weight excluding hydrogens is 266 g/mol. The van der Waals surface area contributed by atoms with Gasteiger partial charge in [0, 0.05) is 26.2 Å². The molecule has 0 radical (unpaired) electrons. The second kappa shape index (κ2) is 8.15. The standard InChI is InChI=1S/C17H25NO3/c1-3-20-13-12-18-10-8-15(9-11-18)21-17(19)16-7-5-4-6-14(16)2/h4-7,15H,3,8-13H2,1-2H3. The zero-order chi connectivity index (χ0) is 15.1. The Bertz CT molecular complexity index is 453. The molecule has 116 valence electrons. The van der Waals surface area contributed by atoms with Crippen molar-refractivity contribution >= 4 is 5.97 Å². The van der Waals surface area contributed by atoms with E-state index in [1.165, 1.54) is 0 Å². The number of piperidine rings is 1. The highest BCUT2D eigenvalue weighted by Crippen LogP contribution is 2.17. The topological polar surface area (TPSA) is 38.8 Å². The maximum Gasteiger partial charge on any atom is 0.338 e. The molecular formula is C17H25NO3. The second-order valence-corrected chi connectivity index (χ2v) is 5.46. The molecule has 1 fully saturated rings. The molecule has 4 heteroatoms. The van der Waals surface area contributed by atoms with Gasteiger partial charge in [0.05, 0.1) is 12.2 Å². The van der Waals surface area contributed by atoms with Crippen molar-refractivity contribution in [2.24, 2.45) is 0 Å². The van der Waals surface area contributed by atoms with Crippen LogP contribution in [0.4, 0.5) is 0 Å². The summed E-state index contributed by atoms with van der Waals surface area (Å²) in [5.74, 6) is -0.194. The average molecular weight is 291 g/mol. The van der Waals surface area contributed by atoms with Gasteiger partial charge < -0.3 is 14.4 Å². The average Bonchev–Trinajstić information content (AvgIpc) is 2.49. The van der Waals surface area contributed by atoms with E-state index in [4.69, 9.17) is 9.47 Å². The van der Waals surface area contributed by atoms with E-state index in [1.807, 2.05) is 38.1 Å². The fourth-order valence-electron chi connectivity index (χ4n) is 2.61. The Kier molecular flexibility index (Phi) is 6.21. The Morgan fingerprint density at radius 2 is 2.00 bits per heavy atom. The molecule has 0 spiro atoms. The van der Waals surface area contributed by atoms with Gasteiger partial charge in [-0.15, -0.1) is 0 Å². The van der Waals surface area contributed by atoms with Crippen LogP contribution in [0.3, 0.4) is 0 Å². The zero-order valence-electron chi connectivity index (χ0n) is 13.0. The van der Waals surface area contributed by atoms with E-state index in [1.54, 1.807) is 0 Å². The molecule has 1 heterocycles. The van der Waals surface area contributed by atoms with Crippen LogP contribution in [0, 0.1) is 6.92 Å². The Morgan fingerprint density at radius 1 is 1.29 bits per heavy atom. The molecule has 4 nitrogen and oxygen atoms in total. The monoisotopic (exact) mass is 291 g/mol. The van der Waals surface area contributed by atoms with Crippen LogP contribution in [0.1, 0.15) is 35.7 Å². The van der Waals surface area contributed by atoms with Crippen LogP contribution in [-0.4, -0.2) is 49.8 Å². The molecule has 1 aromatic rings. The lowest BCUT2D eigenvalue weighted by Gasteiger charge is -2.31. The van der Waals surface area contributed by atoms with Gasteiger partial charge in [0.15, 0.2) is 0 Å². The Hall–Kier alpha value is -1.39. The SMILES string of the molecule is CCOCCN1CCC(OC(=O)c2ccccc2C)CC1. The minimum atomic E-state index is -0.194. The molecule has 0 N–H and O–H groups in total. The molecule has 0 bridgehead atoms. The van der Waals surface area contributed by atoms with Crippen molar-refractivity contribution < 1.29 is 14.3 Å². The van der Waals surface area contributed by atoms with Gasteiger partial charge in [-0.25, -0.2) is 4.79 Å². The molecule has 0 aliphatic carbocycles. The molecule has 1 aliphatic heterocycles. The minimum Gasteiger partial charge on any atom is -0.459 e. The van der Waals surface area contributed by atoms with Crippen LogP contribution in [-0.2, 0) is 9.47 Å². The molecule has 1 aromatic carbocycles. The van der Waals surface area contributed by atoms with Crippen molar-refractivity contribution in [3.63, 3.8) is 0 Å². The third-order valence-corrected chi connectivity index (χ3v) is 3.93. The molecule has 0 amide bonds. The first kappa shape index (κ1) is 16.0. The van der Waals surface area contributed by atoms with Gasteiger partial charge in [0.25, 0.3) is 0 Å². The van der Waals surface area contributed by atoms with E-state index < -0.39 is 0 Å². The highest BCUT2D eigenvalue weighted by Gasteiger charge is 2.23. The number of hydrogen-bond donors (Lipinski definition) is 0. The van der Waals surface area contributed by atoms with E-state index in [-0.39, 0.29) is 12.1 Å². The molecule has 21 heavy (non-hydrogen) atoms. The van der Waals surface area contributed by atoms with Crippen LogP contribution < -0.4 is 0 Å². The first-order valence-electron chi connectivity index (χ1n) is 7.77. The fourth-order valence-corrected chi connectivity index (χ4v) is 2.61. The van der Waals surface area contributed by atoms with E-state index in [0.29, 0.717) is 5.56 Å². The van der Waals surface area contributed by atoms with E-state index in [9.17, 15) is 4.79 Å².